The summed E-state index contributed by atoms with van der Waals surface area (Å²) in [6.45, 7) is 1.98. The van der Waals surface area contributed by atoms with Crippen LogP contribution in [0.5, 0.6) is 0 Å². The largest absolute Gasteiger partial charge is 0.381 e. The van der Waals surface area contributed by atoms with Crippen molar-refractivity contribution in [1.82, 2.24) is 5.32 Å². The van der Waals surface area contributed by atoms with Crippen molar-refractivity contribution in [3.8, 4) is 0 Å². The van der Waals surface area contributed by atoms with Gasteiger partial charge < -0.3 is 10.1 Å². The van der Waals surface area contributed by atoms with E-state index in [-0.39, 0.29) is 11.7 Å². The van der Waals surface area contributed by atoms with Gasteiger partial charge in [-0.1, -0.05) is 12.1 Å². The average Bonchev–Trinajstić information content (AvgIpc) is 2.39. The van der Waals surface area contributed by atoms with Gasteiger partial charge in [0.1, 0.15) is 5.82 Å². The van der Waals surface area contributed by atoms with Gasteiger partial charge in [-0.2, -0.15) is 0 Å². The molecule has 0 atom stereocenters. The summed E-state index contributed by atoms with van der Waals surface area (Å²) in [6.07, 6.45) is 2.48. The maximum absolute atomic E-state index is 12.7. The fraction of sp³-hybridized carbons (Fsp3) is 0.500. The molecule has 1 aliphatic heterocycles. The number of benzene rings is 1. The Bertz CT molecular complexity index is 385. The zero-order valence-electron chi connectivity index (χ0n) is 10.3. The first-order valence-corrected chi connectivity index (χ1v) is 6.33. The normalized spacial score (nSPS) is 16.5. The molecule has 1 N–H and O–H groups in total. The van der Waals surface area contributed by atoms with Crippen LogP contribution >= 0.6 is 0 Å². The molecule has 0 radical (unpaired) electrons. The smallest absolute Gasteiger partial charge is 0.220 e. The molecule has 18 heavy (non-hydrogen) atoms. The summed E-state index contributed by atoms with van der Waals surface area (Å²) in [5.74, 6) is 0.241. The Balaban J connectivity index is 1.72. The quantitative estimate of drug-likeness (QED) is 0.891. The highest BCUT2D eigenvalue weighted by atomic mass is 19.1. The number of rotatable bonds is 4. The van der Waals surface area contributed by atoms with E-state index in [1.54, 1.807) is 12.1 Å². The topological polar surface area (TPSA) is 38.3 Å². The highest BCUT2D eigenvalue weighted by Gasteiger charge is 2.17. The molecule has 0 unspecified atom stereocenters. The molecule has 1 saturated heterocycles. The molecule has 98 valence electrons. The molecule has 2 rings (SSSR count). The molecule has 0 aromatic heterocycles. The number of carbonyl (C=O) groups is 1. The third kappa shape index (κ3) is 4.11. The molecule has 1 aromatic rings. The second kappa shape index (κ2) is 6.50. The van der Waals surface area contributed by atoms with E-state index in [0.717, 1.165) is 31.6 Å². The molecule has 1 amide bonds. The van der Waals surface area contributed by atoms with E-state index in [1.807, 2.05) is 0 Å². The molecule has 3 nitrogen and oxygen atoms in total. The summed E-state index contributed by atoms with van der Waals surface area (Å²) in [6, 6.07) is 6.17. The van der Waals surface area contributed by atoms with Gasteiger partial charge in [-0.25, -0.2) is 4.39 Å². The minimum atomic E-state index is -0.257. The Morgan fingerprint density at radius 1 is 1.28 bits per heavy atom. The standard InChI is InChI=1S/C14H18FNO2/c15-13-3-1-12(2-4-13)10-16-14(17)9-11-5-7-18-8-6-11/h1-4,11H,5-10H2,(H,16,17). The number of ether oxygens (including phenoxy) is 1. The molecule has 4 heteroatoms. The highest BCUT2D eigenvalue weighted by Crippen LogP contribution is 2.18. The van der Waals surface area contributed by atoms with Gasteiger partial charge >= 0.3 is 0 Å². The Hall–Kier alpha value is -1.42. The molecular formula is C14H18FNO2. The summed E-state index contributed by atoms with van der Waals surface area (Å²) < 4.78 is 17.9. The minimum Gasteiger partial charge on any atom is -0.381 e. The van der Waals surface area contributed by atoms with Crippen molar-refractivity contribution in [3.63, 3.8) is 0 Å². The summed E-state index contributed by atoms with van der Waals surface area (Å²) in [4.78, 5) is 11.7. The third-order valence-electron chi connectivity index (χ3n) is 3.22. The summed E-state index contributed by atoms with van der Waals surface area (Å²) in [7, 11) is 0. The van der Waals surface area contributed by atoms with Crippen LogP contribution in [0.2, 0.25) is 0 Å². The molecule has 1 heterocycles. The van der Waals surface area contributed by atoms with Crippen LogP contribution in [0.15, 0.2) is 24.3 Å². The van der Waals surface area contributed by atoms with E-state index in [2.05, 4.69) is 5.32 Å². The van der Waals surface area contributed by atoms with E-state index >= 15 is 0 Å². The summed E-state index contributed by atoms with van der Waals surface area (Å²) in [5, 5.41) is 2.86. The van der Waals surface area contributed by atoms with Crippen LogP contribution < -0.4 is 5.32 Å². The molecule has 1 fully saturated rings. The monoisotopic (exact) mass is 251 g/mol. The van der Waals surface area contributed by atoms with Gasteiger partial charge in [0.05, 0.1) is 0 Å². The maximum Gasteiger partial charge on any atom is 0.220 e. The first-order valence-electron chi connectivity index (χ1n) is 6.33. The van der Waals surface area contributed by atoms with Crippen LogP contribution in [0.25, 0.3) is 0 Å². The van der Waals surface area contributed by atoms with Gasteiger partial charge in [-0.15, -0.1) is 0 Å². The van der Waals surface area contributed by atoms with Crippen molar-refractivity contribution in [2.75, 3.05) is 13.2 Å². The van der Waals surface area contributed by atoms with Crippen LogP contribution in [0, 0.1) is 11.7 Å². The molecule has 0 bridgehead atoms. The van der Waals surface area contributed by atoms with Gasteiger partial charge in [-0.3, -0.25) is 4.79 Å². The zero-order chi connectivity index (χ0) is 12.8. The van der Waals surface area contributed by atoms with Gasteiger partial charge in [0, 0.05) is 26.2 Å². The Labute approximate surface area is 106 Å². The Morgan fingerprint density at radius 2 is 1.94 bits per heavy atom. The average molecular weight is 251 g/mol. The maximum atomic E-state index is 12.7. The Kier molecular flexibility index (Phi) is 4.70. The molecule has 0 aliphatic carbocycles. The third-order valence-corrected chi connectivity index (χ3v) is 3.22. The van der Waals surface area contributed by atoms with Gasteiger partial charge in [0.25, 0.3) is 0 Å². The summed E-state index contributed by atoms with van der Waals surface area (Å²) in [5.41, 5.74) is 0.914. The van der Waals surface area contributed by atoms with Crippen molar-refractivity contribution in [1.29, 1.82) is 0 Å². The lowest BCUT2D eigenvalue weighted by atomic mass is 9.96. The van der Waals surface area contributed by atoms with E-state index in [1.165, 1.54) is 12.1 Å². The second-order valence-corrected chi connectivity index (χ2v) is 4.66. The van der Waals surface area contributed by atoms with Gasteiger partial charge in [0.2, 0.25) is 5.91 Å². The van der Waals surface area contributed by atoms with E-state index in [0.29, 0.717) is 18.9 Å². The zero-order valence-corrected chi connectivity index (χ0v) is 10.3. The number of nitrogens with one attached hydrogen (secondary N) is 1. The lowest BCUT2D eigenvalue weighted by molar-refractivity contribution is -0.122. The lowest BCUT2D eigenvalue weighted by Gasteiger charge is -2.21. The Morgan fingerprint density at radius 3 is 2.61 bits per heavy atom. The second-order valence-electron chi connectivity index (χ2n) is 4.66. The van der Waals surface area contributed by atoms with Crippen molar-refractivity contribution in [3.05, 3.63) is 35.6 Å². The predicted molar refractivity (Wildman–Crippen MR) is 66.4 cm³/mol. The molecule has 1 aliphatic rings. The van der Waals surface area contributed by atoms with Crippen LogP contribution in [-0.2, 0) is 16.1 Å². The van der Waals surface area contributed by atoms with Crippen LogP contribution in [0.4, 0.5) is 4.39 Å². The highest BCUT2D eigenvalue weighted by molar-refractivity contribution is 5.76. The summed E-state index contributed by atoms with van der Waals surface area (Å²) >= 11 is 0. The lowest BCUT2D eigenvalue weighted by Crippen LogP contribution is -2.27. The fourth-order valence-electron chi connectivity index (χ4n) is 2.09. The van der Waals surface area contributed by atoms with E-state index in [9.17, 15) is 9.18 Å². The van der Waals surface area contributed by atoms with Crippen molar-refractivity contribution >= 4 is 5.91 Å². The molecule has 0 spiro atoms. The number of amides is 1. The number of hydrogen-bond donors (Lipinski definition) is 1. The number of hydrogen-bond acceptors (Lipinski definition) is 2. The van der Waals surface area contributed by atoms with Crippen LogP contribution in [0.1, 0.15) is 24.8 Å². The van der Waals surface area contributed by atoms with Gasteiger partial charge in [-0.05, 0) is 36.5 Å². The van der Waals surface area contributed by atoms with Crippen molar-refractivity contribution < 1.29 is 13.9 Å². The van der Waals surface area contributed by atoms with E-state index < -0.39 is 0 Å². The van der Waals surface area contributed by atoms with E-state index in [4.69, 9.17) is 4.74 Å². The fourth-order valence-corrected chi connectivity index (χ4v) is 2.09. The van der Waals surface area contributed by atoms with Crippen molar-refractivity contribution in [2.45, 2.75) is 25.8 Å². The van der Waals surface area contributed by atoms with Crippen LogP contribution in [0.3, 0.4) is 0 Å². The first-order chi connectivity index (χ1) is 8.74. The van der Waals surface area contributed by atoms with Crippen molar-refractivity contribution in [2.24, 2.45) is 5.92 Å². The molecule has 1 aromatic carbocycles. The first kappa shape index (κ1) is 13.0. The molecular weight excluding hydrogens is 233 g/mol. The predicted octanol–water partition coefficient (Wildman–Crippen LogP) is 2.26. The number of carbonyl (C=O) groups excluding carboxylic acids is 1. The van der Waals surface area contributed by atoms with Gasteiger partial charge in [0.15, 0.2) is 0 Å². The van der Waals surface area contributed by atoms with Crippen LogP contribution in [-0.4, -0.2) is 19.1 Å². The SMILES string of the molecule is O=C(CC1CCOCC1)NCc1ccc(F)cc1. The molecule has 0 saturated carbocycles. The minimum absolute atomic E-state index is 0.0613. The number of halogens is 1.